The molecule has 2 atom stereocenters. The average molecular weight is 541 g/mol. The number of hydrogen-bond acceptors (Lipinski definition) is 4. The third kappa shape index (κ3) is 7.64. The van der Waals surface area contributed by atoms with Crippen molar-refractivity contribution in [2.24, 2.45) is 5.92 Å². The summed E-state index contributed by atoms with van der Waals surface area (Å²) in [6.07, 6.45) is -3.58. The molecule has 11 heteroatoms. The molecule has 1 fully saturated rings. The van der Waals surface area contributed by atoms with Crippen molar-refractivity contribution in [2.75, 3.05) is 13.1 Å². The van der Waals surface area contributed by atoms with E-state index in [2.05, 4.69) is 21.9 Å². The Bertz CT molecular complexity index is 1210. The van der Waals surface area contributed by atoms with Gasteiger partial charge in [0.15, 0.2) is 0 Å². The van der Waals surface area contributed by atoms with Gasteiger partial charge >= 0.3 is 6.36 Å². The Morgan fingerprint density at radius 3 is 2.50 bits per heavy atom. The zero-order valence-electron chi connectivity index (χ0n) is 19.0. The highest BCUT2D eigenvalue weighted by atomic mass is 35.5. The van der Waals surface area contributed by atoms with Crippen molar-refractivity contribution in [3.8, 4) is 17.6 Å². The van der Waals surface area contributed by atoms with E-state index in [1.165, 1.54) is 17.0 Å². The van der Waals surface area contributed by atoms with Gasteiger partial charge in [-0.2, -0.15) is 0 Å². The second-order valence-electron chi connectivity index (χ2n) is 8.17. The van der Waals surface area contributed by atoms with E-state index in [4.69, 9.17) is 23.2 Å². The summed E-state index contributed by atoms with van der Waals surface area (Å²) in [5.41, 5.74) is 1.34. The number of aryl methyl sites for hydroxylation is 1. The van der Waals surface area contributed by atoms with E-state index >= 15 is 0 Å². The lowest BCUT2D eigenvalue weighted by atomic mass is 10.0. The van der Waals surface area contributed by atoms with Gasteiger partial charge < -0.3 is 15.0 Å². The van der Waals surface area contributed by atoms with Crippen molar-refractivity contribution in [1.82, 2.24) is 10.2 Å². The molecule has 0 bridgehead atoms. The minimum atomic E-state index is -4.79. The normalized spacial score (nSPS) is 16.4. The fourth-order valence-electron chi connectivity index (χ4n) is 3.50. The van der Waals surface area contributed by atoms with Crippen molar-refractivity contribution in [3.63, 3.8) is 0 Å². The molecule has 1 saturated heterocycles. The maximum absolute atomic E-state index is 12.6. The number of halogens is 5. The van der Waals surface area contributed by atoms with Crippen LogP contribution in [-0.4, -0.2) is 48.0 Å². The van der Waals surface area contributed by atoms with Crippen LogP contribution >= 0.6 is 23.2 Å². The molecule has 1 heterocycles. The van der Waals surface area contributed by atoms with Gasteiger partial charge in [-0.25, -0.2) is 0 Å². The van der Waals surface area contributed by atoms with Gasteiger partial charge in [0.2, 0.25) is 11.7 Å². The Labute approximate surface area is 215 Å². The third-order valence-electron chi connectivity index (χ3n) is 5.36. The summed E-state index contributed by atoms with van der Waals surface area (Å²) in [6, 6.07) is 9.93. The molecule has 1 aliphatic rings. The van der Waals surface area contributed by atoms with Gasteiger partial charge in [-0.05, 0) is 61.7 Å². The van der Waals surface area contributed by atoms with Crippen molar-refractivity contribution < 1.29 is 32.3 Å². The van der Waals surface area contributed by atoms with Gasteiger partial charge in [0.25, 0.3) is 5.91 Å². The number of benzene rings is 2. The quantitative estimate of drug-likeness (QED) is 0.320. The average Bonchev–Trinajstić information content (AvgIpc) is 3.09. The molecule has 190 valence electrons. The standard InChI is InChI=1S/C25H21Cl2F3N2O4/c1-15(4-5-17-8-11-20(26)21(27)13-17)31-23(34)19-14-32(24(35)22(19)33)12-2-3-16-6-9-18(10-7-16)36-25(28,29)30/h6-11,13,15,19H,4-5,12,14H2,1H3,(H,31,34). The topological polar surface area (TPSA) is 75.7 Å². The Hall–Kier alpha value is -3.22. The Kier molecular flexibility index (Phi) is 8.88. The molecule has 2 unspecified atom stereocenters. The Morgan fingerprint density at radius 1 is 1.17 bits per heavy atom. The smallest absolute Gasteiger partial charge is 0.406 e. The number of amides is 2. The molecule has 2 amide bonds. The Balaban J connectivity index is 1.50. The summed E-state index contributed by atoms with van der Waals surface area (Å²) in [4.78, 5) is 38.4. The van der Waals surface area contributed by atoms with Crippen LogP contribution in [0.2, 0.25) is 10.0 Å². The second kappa shape index (κ2) is 11.7. The molecule has 3 rings (SSSR count). The summed E-state index contributed by atoms with van der Waals surface area (Å²) in [6.45, 7) is 1.59. The van der Waals surface area contributed by atoms with Crippen molar-refractivity contribution >= 4 is 40.8 Å². The molecule has 1 aliphatic heterocycles. The first-order valence-electron chi connectivity index (χ1n) is 10.8. The lowest BCUT2D eigenvalue weighted by Gasteiger charge is -2.17. The molecule has 0 aromatic heterocycles. The van der Waals surface area contributed by atoms with Gasteiger partial charge in [0.05, 0.1) is 16.6 Å². The number of carbonyl (C=O) groups excluding carboxylic acids is 3. The molecule has 6 nitrogen and oxygen atoms in total. The maximum Gasteiger partial charge on any atom is 0.573 e. The van der Waals surface area contributed by atoms with Gasteiger partial charge in [-0.15, -0.1) is 13.2 Å². The molecular weight excluding hydrogens is 520 g/mol. The Morgan fingerprint density at radius 2 is 1.86 bits per heavy atom. The van der Waals surface area contributed by atoms with Crippen LogP contribution in [0.25, 0.3) is 0 Å². The van der Waals surface area contributed by atoms with E-state index in [0.717, 1.165) is 17.7 Å². The number of rotatable bonds is 7. The molecular formula is C25H21Cl2F3N2O4. The monoisotopic (exact) mass is 540 g/mol. The molecule has 2 aromatic carbocycles. The fourth-order valence-corrected chi connectivity index (χ4v) is 3.82. The molecule has 0 radical (unpaired) electrons. The van der Waals surface area contributed by atoms with Crippen LogP contribution in [0.15, 0.2) is 42.5 Å². The van der Waals surface area contributed by atoms with Crippen LogP contribution in [0.3, 0.4) is 0 Å². The number of ketones is 1. The van der Waals surface area contributed by atoms with Crippen LogP contribution in [0.5, 0.6) is 5.75 Å². The van der Waals surface area contributed by atoms with Gasteiger partial charge in [0.1, 0.15) is 11.7 Å². The summed E-state index contributed by atoms with van der Waals surface area (Å²) < 4.78 is 40.5. The van der Waals surface area contributed by atoms with E-state index in [9.17, 15) is 27.6 Å². The van der Waals surface area contributed by atoms with Crippen LogP contribution in [0, 0.1) is 17.8 Å². The third-order valence-corrected chi connectivity index (χ3v) is 6.10. The second-order valence-corrected chi connectivity index (χ2v) is 8.99. The number of carbonyl (C=O) groups is 3. The van der Waals surface area contributed by atoms with Gasteiger partial charge in [0, 0.05) is 18.2 Å². The number of Topliss-reactive ketones (excluding diaryl/α,β-unsaturated/α-hetero) is 1. The van der Waals surface area contributed by atoms with Crippen molar-refractivity contribution in [1.29, 1.82) is 0 Å². The van der Waals surface area contributed by atoms with E-state index < -0.39 is 29.9 Å². The predicted molar refractivity (Wildman–Crippen MR) is 127 cm³/mol. The van der Waals surface area contributed by atoms with E-state index in [0.29, 0.717) is 28.5 Å². The van der Waals surface area contributed by atoms with Crippen LogP contribution in [0.1, 0.15) is 24.5 Å². The molecule has 0 spiro atoms. The highest BCUT2D eigenvalue weighted by Crippen LogP contribution is 2.24. The van der Waals surface area contributed by atoms with Gasteiger partial charge in [-0.1, -0.05) is 41.1 Å². The number of likely N-dealkylation sites (tertiary alicyclic amines) is 1. The van der Waals surface area contributed by atoms with Gasteiger partial charge in [-0.3, -0.25) is 14.4 Å². The highest BCUT2D eigenvalue weighted by Gasteiger charge is 2.43. The minimum Gasteiger partial charge on any atom is -0.406 e. The largest absolute Gasteiger partial charge is 0.573 e. The molecule has 0 saturated carbocycles. The first-order valence-corrected chi connectivity index (χ1v) is 11.6. The number of nitrogens with one attached hydrogen (secondary N) is 1. The molecule has 0 aliphatic carbocycles. The van der Waals surface area contributed by atoms with Crippen LogP contribution < -0.4 is 10.1 Å². The van der Waals surface area contributed by atoms with Crippen LogP contribution in [-0.2, 0) is 20.8 Å². The van der Waals surface area contributed by atoms with E-state index in [-0.39, 0.29) is 24.9 Å². The predicted octanol–water partition coefficient (Wildman–Crippen LogP) is 4.41. The maximum atomic E-state index is 12.6. The first-order chi connectivity index (χ1) is 16.9. The summed E-state index contributed by atoms with van der Waals surface area (Å²) >= 11 is 11.9. The minimum absolute atomic E-state index is 0.101. The summed E-state index contributed by atoms with van der Waals surface area (Å²) in [7, 11) is 0. The number of alkyl halides is 3. The number of nitrogens with zero attached hydrogens (tertiary/aromatic N) is 1. The zero-order valence-corrected chi connectivity index (χ0v) is 20.5. The molecule has 1 N–H and O–H groups in total. The first kappa shape index (κ1) is 27.4. The lowest BCUT2D eigenvalue weighted by molar-refractivity contribution is -0.274. The fraction of sp³-hybridized carbons (Fsp3) is 0.320. The van der Waals surface area contributed by atoms with Crippen LogP contribution in [0.4, 0.5) is 13.2 Å². The molecule has 36 heavy (non-hydrogen) atoms. The van der Waals surface area contributed by atoms with Crippen molar-refractivity contribution in [3.05, 3.63) is 63.6 Å². The summed E-state index contributed by atoms with van der Waals surface area (Å²) in [5, 5.41) is 3.66. The SMILES string of the molecule is CC(CCc1ccc(Cl)c(Cl)c1)NC(=O)C1CN(CC#Cc2ccc(OC(F)(F)F)cc2)C(=O)C1=O. The molecule has 2 aromatic rings. The zero-order chi connectivity index (χ0) is 26.5. The number of ether oxygens (including phenoxy) is 1. The number of hydrogen-bond donors (Lipinski definition) is 1. The van der Waals surface area contributed by atoms with Crippen molar-refractivity contribution in [2.45, 2.75) is 32.2 Å². The van der Waals surface area contributed by atoms with E-state index in [1.54, 1.807) is 19.1 Å². The lowest BCUT2D eigenvalue weighted by Crippen LogP contribution is -2.40. The summed E-state index contributed by atoms with van der Waals surface area (Å²) in [5.74, 6) is 1.74. The highest BCUT2D eigenvalue weighted by molar-refractivity contribution is 6.42. The van der Waals surface area contributed by atoms with E-state index in [1.807, 2.05) is 6.07 Å².